The molecule has 2 heterocycles. The van der Waals surface area contributed by atoms with Crippen molar-refractivity contribution in [1.29, 1.82) is 0 Å². The molecule has 0 nitrogen and oxygen atoms in total. The lowest BCUT2D eigenvalue weighted by atomic mass is 9.80. The van der Waals surface area contributed by atoms with Crippen LogP contribution in [0.15, 0.2) is 0 Å². The van der Waals surface area contributed by atoms with E-state index in [1.54, 1.807) is 25.7 Å². The van der Waals surface area contributed by atoms with Crippen LogP contribution >= 0.6 is 23.5 Å². The van der Waals surface area contributed by atoms with Crippen LogP contribution in [0.1, 0.15) is 90.4 Å². The van der Waals surface area contributed by atoms with Crippen molar-refractivity contribution in [3.8, 4) is 0 Å². The Morgan fingerprint density at radius 1 is 0.478 bits per heavy atom. The highest BCUT2D eigenvalue weighted by atomic mass is 32.2. The van der Waals surface area contributed by atoms with Crippen LogP contribution in [0.5, 0.6) is 0 Å². The molecule has 0 aromatic heterocycles. The first-order chi connectivity index (χ1) is 11.3. The second-order valence-corrected chi connectivity index (χ2v) is 12.0. The lowest BCUT2D eigenvalue weighted by Crippen LogP contribution is -2.22. The molecule has 23 heavy (non-hydrogen) atoms. The van der Waals surface area contributed by atoms with E-state index in [1.165, 1.54) is 57.8 Å². The van der Waals surface area contributed by atoms with Crippen LogP contribution in [-0.2, 0) is 0 Å². The molecule has 4 aliphatic rings. The molecule has 0 bridgehead atoms. The molecule has 4 rings (SSSR count). The largest absolute Gasteiger partial charge is 0.154 e. The van der Waals surface area contributed by atoms with E-state index in [0.717, 1.165) is 38.8 Å². The Kier molecular flexibility index (Phi) is 5.91. The van der Waals surface area contributed by atoms with Gasteiger partial charge in [-0.3, -0.25) is 0 Å². The predicted molar refractivity (Wildman–Crippen MR) is 106 cm³/mol. The molecule has 2 aliphatic carbocycles. The zero-order chi connectivity index (χ0) is 15.6. The fourth-order valence-electron chi connectivity index (χ4n) is 5.78. The Hall–Kier alpha value is 0.700. The molecule has 0 radical (unpaired) electrons. The molecule has 0 N–H and O–H groups in total. The van der Waals surface area contributed by atoms with Gasteiger partial charge < -0.3 is 0 Å². The Morgan fingerprint density at radius 2 is 0.957 bits per heavy atom. The highest BCUT2D eigenvalue weighted by molar-refractivity contribution is 8.04. The van der Waals surface area contributed by atoms with Crippen LogP contribution in [0.3, 0.4) is 0 Å². The molecule has 0 spiro atoms. The highest BCUT2D eigenvalue weighted by Gasteiger charge is 2.41. The smallest absolute Gasteiger partial charge is 0.0169 e. The van der Waals surface area contributed by atoms with Gasteiger partial charge in [-0.15, -0.1) is 0 Å². The first kappa shape index (κ1) is 17.1. The van der Waals surface area contributed by atoms with Gasteiger partial charge in [0.15, 0.2) is 0 Å². The van der Waals surface area contributed by atoms with Gasteiger partial charge in [0.1, 0.15) is 0 Å². The van der Waals surface area contributed by atoms with Crippen molar-refractivity contribution in [2.45, 2.75) is 111 Å². The van der Waals surface area contributed by atoms with Crippen molar-refractivity contribution in [3.05, 3.63) is 0 Å². The van der Waals surface area contributed by atoms with Gasteiger partial charge in [-0.25, -0.2) is 0 Å². The van der Waals surface area contributed by atoms with E-state index >= 15 is 0 Å². The van der Waals surface area contributed by atoms with Crippen molar-refractivity contribution in [1.82, 2.24) is 0 Å². The van der Waals surface area contributed by atoms with Crippen LogP contribution in [-0.4, -0.2) is 21.0 Å². The summed E-state index contributed by atoms with van der Waals surface area (Å²) < 4.78 is 0. The molecular weight excluding hydrogens is 316 g/mol. The summed E-state index contributed by atoms with van der Waals surface area (Å²) >= 11 is 4.89. The summed E-state index contributed by atoms with van der Waals surface area (Å²) in [4.78, 5) is 0. The average molecular weight is 353 g/mol. The van der Waals surface area contributed by atoms with Crippen molar-refractivity contribution in [2.75, 3.05) is 0 Å². The van der Waals surface area contributed by atoms with E-state index in [9.17, 15) is 0 Å². The van der Waals surface area contributed by atoms with E-state index in [2.05, 4.69) is 30.4 Å². The summed E-state index contributed by atoms with van der Waals surface area (Å²) in [6, 6.07) is 0. The van der Waals surface area contributed by atoms with Gasteiger partial charge in [0.25, 0.3) is 0 Å². The van der Waals surface area contributed by atoms with Crippen LogP contribution < -0.4 is 0 Å². The first-order valence-corrected chi connectivity index (χ1v) is 12.5. The summed E-state index contributed by atoms with van der Waals surface area (Å²) in [6.07, 6.45) is 19.9. The second kappa shape index (κ2) is 7.94. The maximum absolute atomic E-state index is 2.46. The van der Waals surface area contributed by atoms with E-state index in [1.807, 2.05) is 0 Å². The predicted octanol–water partition coefficient (Wildman–Crippen LogP) is 6.92. The van der Waals surface area contributed by atoms with Crippen LogP contribution in [0.4, 0.5) is 0 Å². The van der Waals surface area contributed by atoms with Crippen LogP contribution in [0.2, 0.25) is 0 Å². The summed E-state index contributed by atoms with van der Waals surface area (Å²) in [5, 5.41) is 4.09. The minimum absolute atomic E-state index is 1.01. The Bertz CT molecular complexity index is 368. The third-order valence-corrected chi connectivity index (χ3v) is 11.3. The zero-order valence-electron chi connectivity index (χ0n) is 15.1. The molecule has 2 aliphatic heterocycles. The van der Waals surface area contributed by atoms with Gasteiger partial charge in [-0.05, 0) is 69.1 Å². The van der Waals surface area contributed by atoms with Crippen molar-refractivity contribution < 1.29 is 0 Å². The van der Waals surface area contributed by atoms with E-state index in [-0.39, 0.29) is 0 Å². The minimum Gasteiger partial charge on any atom is -0.154 e. The molecule has 132 valence electrons. The highest BCUT2D eigenvalue weighted by Crippen LogP contribution is 2.52. The average Bonchev–Trinajstić information content (AvgIpc) is 3.26. The maximum atomic E-state index is 2.46. The van der Waals surface area contributed by atoms with E-state index < -0.39 is 0 Å². The normalized spacial score (nSPS) is 46.3. The lowest BCUT2D eigenvalue weighted by Gasteiger charge is -2.31. The summed E-state index contributed by atoms with van der Waals surface area (Å²) in [5.41, 5.74) is 0. The number of hydrogen-bond acceptors (Lipinski definition) is 2. The molecule has 4 fully saturated rings. The maximum Gasteiger partial charge on any atom is 0.0169 e. The van der Waals surface area contributed by atoms with Gasteiger partial charge in [-0.2, -0.15) is 23.5 Å². The molecule has 0 amide bonds. The quantitative estimate of drug-likeness (QED) is 0.540. The monoisotopic (exact) mass is 352 g/mol. The molecule has 2 saturated carbocycles. The molecule has 0 aromatic carbocycles. The van der Waals surface area contributed by atoms with Crippen molar-refractivity contribution in [2.24, 2.45) is 17.8 Å². The Morgan fingerprint density at radius 3 is 1.52 bits per heavy atom. The molecular formula is C21H36S2. The van der Waals surface area contributed by atoms with Crippen LogP contribution in [0, 0.1) is 17.8 Å². The molecule has 0 aromatic rings. The second-order valence-electron chi connectivity index (χ2n) is 9.00. The standard InChI is InChI=1S/C21H36S2/c1-15-7-9-17(10-8-15)19-12-14-21(23-19)20-13-11-18(22-20)16-5-3-2-4-6-16/h15-21H,2-14H2,1H3. The summed E-state index contributed by atoms with van der Waals surface area (Å²) in [5.74, 6) is 3.16. The zero-order valence-corrected chi connectivity index (χ0v) is 16.7. The fraction of sp³-hybridized carbons (Fsp3) is 1.00. The van der Waals surface area contributed by atoms with Gasteiger partial charge in [0, 0.05) is 21.0 Å². The topological polar surface area (TPSA) is 0 Å². The Balaban J connectivity index is 1.25. The third-order valence-electron chi connectivity index (χ3n) is 7.35. The third kappa shape index (κ3) is 4.10. The molecule has 4 atom stereocenters. The number of hydrogen-bond donors (Lipinski definition) is 0. The summed E-state index contributed by atoms with van der Waals surface area (Å²) in [7, 11) is 0. The van der Waals surface area contributed by atoms with Gasteiger partial charge in [0.05, 0.1) is 0 Å². The number of rotatable bonds is 3. The fourth-order valence-corrected chi connectivity index (χ4v) is 9.77. The molecule has 2 heteroatoms. The van der Waals surface area contributed by atoms with Crippen LogP contribution in [0.25, 0.3) is 0 Å². The van der Waals surface area contributed by atoms with Gasteiger partial charge >= 0.3 is 0 Å². The minimum atomic E-state index is 1.01. The summed E-state index contributed by atoms with van der Waals surface area (Å²) in [6.45, 7) is 2.46. The van der Waals surface area contributed by atoms with Crippen molar-refractivity contribution >= 4 is 23.5 Å². The van der Waals surface area contributed by atoms with Crippen molar-refractivity contribution in [3.63, 3.8) is 0 Å². The van der Waals surface area contributed by atoms with Gasteiger partial charge in [-0.1, -0.05) is 39.0 Å². The molecule has 2 saturated heterocycles. The van der Waals surface area contributed by atoms with E-state index in [0.29, 0.717) is 0 Å². The lowest BCUT2D eigenvalue weighted by molar-refractivity contribution is 0.282. The number of thioether (sulfide) groups is 2. The SMILES string of the molecule is CC1CCC(C2CCC(C3CCC(C4CCCCC4)S3)S2)CC1. The van der Waals surface area contributed by atoms with E-state index in [4.69, 9.17) is 0 Å². The van der Waals surface area contributed by atoms with Gasteiger partial charge in [0.2, 0.25) is 0 Å². The first-order valence-electron chi connectivity index (χ1n) is 10.6. The Labute approximate surface area is 152 Å². The molecule has 4 unspecified atom stereocenters.